The molecule has 0 saturated carbocycles. The van der Waals surface area contributed by atoms with Crippen molar-refractivity contribution in [3.63, 3.8) is 0 Å². The molecule has 0 spiro atoms. The van der Waals surface area contributed by atoms with Crippen LogP contribution in [0.3, 0.4) is 0 Å². The summed E-state index contributed by atoms with van der Waals surface area (Å²) in [5.41, 5.74) is -0.966. The van der Waals surface area contributed by atoms with Crippen LogP contribution in [-0.4, -0.2) is 51.6 Å². The van der Waals surface area contributed by atoms with Gasteiger partial charge < -0.3 is 10.0 Å². The summed E-state index contributed by atoms with van der Waals surface area (Å²) < 4.78 is 0. The number of aliphatic carboxylic acids is 1. The minimum atomic E-state index is -0.966. The lowest BCUT2D eigenvalue weighted by Crippen LogP contribution is -2.57. The van der Waals surface area contributed by atoms with Crippen molar-refractivity contribution >= 4 is 23.6 Å². The van der Waals surface area contributed by atoms with Gasteiger partial charge in [0, 0.05) is 18.2 Å². The van der Waals surface area contributed by atoms with Gasteiger partial charge in [0.1, 0.15) is 5.54 Å². The van der Waals surface area contributed by atoms with Gasteiger partial charge in [0.25, 0.3) is 0 Å². The van der Waals surface area contributed by atoms with E-state index in [1.807, 2.05) is 6.92 Å². The summed E-state index contributed by atoms with van der Waals surface area (Å²) in [6, 6.07) is -0.205. The molecule has 0 radical (unpaired) electrons. The standard InChI is InChI=1S/C11H18N2O3S/c1-2-11(10(15)16)4-3-5-13(11)9(14)8-6-17-7-12-8/h8,12H,2-7H2,1H3,(H,15,16). The van der Waals surface area contributed by atoms with Crippen molar-refractivity contribution in [2.24, 2.45) is 0 Å². The number of hydrogen-bond donors (Lipinski definition) is 2. The van der Waals surface area contributed by atoms with Gasteiger partial charge in [0.05, 0.1) is 6.04 Å². The first kappa shape index (κ1) is 12.7. The Labute approximate surface area is 105 Å². The Morgan fingerprint density at radius 1 is 1.59 bits per heavy atom. The molecule has 6 heteroatoms. The average Bonchev–Trinajstić information content (AvgIpc) is 2.97. The predicted molar refractivity (Wildman–Crippen MR) is 65.9 cm³/mol. The Hall–Kier alpha value is -0.750. The molecule has 2 unspecified atom stereocenters. The lowest BCUT2D eigenvalue weighted by Gasteiger charge is -2.35. The van der Waals surface area contributed by atoms with Crippen molar-refractivity contribution in [3.8, 4) is 0 Å². The molecule has 0 aromatic heterocycles. The number of carboxylic acids is 1. The number of hydrogen-bond acceptors (Lipinski definition) is 4. The molecule has 96 valence electrons. The summed E-state index contributed by atoms with van der Waals surface area (Å²) >= 11 is 1.68. The van der Waals surface area contributed by atoms with E-state index in [-0.39, 0.29) is 11.9 Å². The van der Waals surface area contributed by atoms with E-state index in [0.29, 0.717) is 19.4 Å². The van der Waals surface area contributed by atoms with Crippen molar-refractivity contribution in [2.45, 2.75) is 37.8 Å². The molecule has 2 atom stereocenters. The zero-order valence-corrected chi connectivity index (χ0v) is 10.8. The van der Waals surface area contributed by atoms with Crippen LogP contribution in [-0.2, 0) is 9.59 Å². The second kappa shape index (κ2) is 4.86. The highest BCUT2D eigenvalue weighted by Gasteiger charge is 2.49. The fourth-order valence-corrected chi connectivity index (χ4v) is 3.62. The van der Waals surface area contributed by atoms with Gasteiger partial charge in [-0.2, -0.15) is 0 Å². The molecular formula is C11H18N2O3S. The van der Waals surface area contributed by atoms with Crippen molar-refractivity contribution in [2.75, 3.05) is 18.2 Å². The van der Waals surface area contributed by atoms with Gasteiger partial charge >= 0.3 is 5.97 Å². The highest BCUT2D eigenvalue weighted by atomic mass is 32.2. The van der Waals surface area contributed by atoms with Crippen molar-refractivity contribution < 1.29 is 14.7 Å². The minimum absolute atomic E-state index is 0.0447. The molecular weight excluding hydrogens is 240 g/mol. The first-order chi connectivity index (χ1) is 8.12. The fourth-order valence-electron chi connectivity index (χ4n) is 2.68. The van der Waals surface area contributed by atoms with Gasteiger partial charge in [-0.05, 0) is 19.3 Å². The van der Waals surface area contributed by atoms with Crippen LogP contribution >= 0.6 is 11.8 Å². The summed E-state index contributed by atoms with van der Waals surface area (Å²) in [5, 5.41) is 12.5. The van der Waals surface area contributed by atoms with E-state index in [0.717, 1.165) is 18.1 Å². The van der Waals surface area contributed by atoms with E-state index >= 15 is 0 Å². The van der Waals surface area contributed by atoms with Crippen LogP contribution in [0.15, 0.2) is 0 Å². The first-order valence-corrected chi connectivity index (χ1v) is 7.13. The molecule has 0 aromatic carbocycles. The molecule has 5 nitrogen and oxygen atoms in total. The Bertz CT molecular complexity index is 331. The van der Waals surface area contributed by atoms with Gasteiger partial charge in [-0.15, -0.1) is 11.8 Å². The molecule has 2 aliphatic rings. The highest BCUT2D eigenvalue weighted by Crippen LogP contribution is 2.33. The van der Waals surface area contributed by atoms with Gasteiger partial charge in [-0.1, -0.05) is 6.92 Å². The summed E-state index contributed by atoms with van der Waals surface area (Å²) in [6.07, 6.45) is 1.84. The fraction of sp³-hybridized carbons (Fsp3) is 0.818. The monoisotopic (exact) mass is 258 g/mol. The second-order valence-corrected chi connectivity index (χ2v) is 5.59. The summed E-state index contributed by atoms with van der Waals surface area (Å²) in [7, 11) is 0. The lowest BCUT2D eigenvalue weighted by atomic mass is 9.92. The van der Waals surface area contributed by atoms with Crippen LogP contribution in [0.1, 0.15) is 26.2 Å². The molecule has 2 saturated heterocycles. The Balaban J connectivity index is 2.18. The first-order valence-electron chi connectivity index (χ1n) is 5.98. The smallest absolute Gasteiger partial charge is 0.329 e. The molecule has 0 aliphatic carbocycles. The Kier molecular flexibility index (Phi) is 3.63. The van der Waals surface area contributed by atoms with Gasteiger partial charge in [0.2, 0.25) is 5.91 Å². The van der Waals surface area contributed by atoms with Crippen LogP contribution in [0.5, 0.6) is 0 Å². The topological polar surface area (TPSA) is 69.6 Å². The van der Waals surface area contributed by atoms with Gasteiger partial charge in [-0.3, -0.25) is 10.1 Å². The second-order valence-electron chi connectivity index (χ2n) is 4.56. The van der Waals surface area contributed by atoms with E-state index in [1.165, 1.54) is 0 Å². The third kappa shape index (κ3) is 2.04. The number of thioether (sulfide) groups is 1. The molecule has 2 aliphatic heterocycles. The third-order valence-corrected chi connectivity index (χ3v) is 4.69. The predicted octanol–water partition coefficient (Wildman–Crippen LogP) is 0.505. The summed E-state index contributed by atoms with van der Waals surface area (Å²) in [6.45, 7) is 2.42. The Morgan fingerprint density at radius 2 is 2.35 bits per heavy atom. The van der Waals surface area contributed by atoms with Crippen LogP contribution in [0, 0.1) is 0 Å². The average molecular weight is 258 g/mol. The number of likely N-dealkylation sites (tertiary alicyclic amines) is 1. The van der Waals surface area contributed by atoms with E-state index in [1.54, 1.807) is 16.7 Å². The largest absolute Gasteiger partial charge is 0.479 e. The van der Waals surface area contributed by atoms with Crippen LogP contribution < -0.4 is 5.32 Å². The van der Waals surface area contributed by atoms with E-state index in [2.05, 4.69) is 5.32 Å². The van der Waals surface area contributed by atoms with Crippen LogP contribution in [0.2, 0.25) is 0 Å². The lowest BCUT2D eigenvalue weighted by molar-refractivity contribution is -0.157. The van der Waals surface area contributed by atoms with Crippen molar-refractivity contribution in [1.82, 2.24) is 10.2 Å². The molecule has 2 fully saturated rings. The molecule has 1 amide bonds. The zero-order valence-electron chi connectivity index (χ0n) is 9.94. The molecule has 2 heterocycles. The van der Waals surface area contributed by atoms with Gasteiger partial charge in [0.15, 0.2) is 0 Å². The molecule has 0 bridgehead atoms. The van der Waals surface area contributed by atoms with Crippen LogP contribution in [0.25, 0.3) is 0 Å². The Morgan fingerprint density at radius 3 is 2.88 bits per heavy atom. The minimum Gasteiger partial charge on any atom is -0.479 e. The molecule has 2 rings (SSSR count). The normalized spacial score (nSPS) is 33.0. The third-order valence-electron chi connectivity index (χ3n) is 3.75. The van der Waals surface area contributed by atoms with Crippen LogP contribution in [0.4, 0.5) is 0 Å². The molecule has 17 heavy (non-hydrogen) atoms. The van der Waals surface area contributed by atoms with E-state index in [9.17, 15) is 14.7 Å². The number of carboxylic acid groups (broad SMARTS) is 1. The number of nitrogens with one attached hydrogen (secondary N) is 1. The van der Waals surface area contributed by atoms with Crippen molar-refractivity contribution in [1.29, 1.82) is 0 Å². The number of nitrogens with zero attached hydrogens (tertiary/aromatic N) is 1. The van der Waals surface area contributed by atoms with E-state index < -0.39 is 11.5 Å². The number of carbonyl (C=O) groups excluding carboxylic acids is 1. The maximum atomic E-state index is 12.3. The van der Waals surface area contributed by atoms with E-state index in [4.69, 9.17) is 0 Å². The maximum absolute atomic E-state index is 12.3. The zero-order chi connectivity index (χ0) is 12.5. The quantitative estimate of drug-likeness (QED) is 0.771. The molecule has 0 aromatic rings. The maximum Gasteiger partial charge on any atom is 0.329 e. The molecule has 2 N–H and O–H groups in total. The van der Waals surface area contributed by atoms with Gasteiger partial charge in [-0.25, -0.2) is 4.79 Å². The number of carbonyl (C=O) groups is 2. The summed E-state index contributed by atoms with van der Waals surface area (Å²) in [5.74, 6) is 0.610. The van der Waals surface area contributed by atoms with Crippen molar-refractivity contribution in [3.05, 3.63) is 0 Å². The highest BCUT2D eigenvalue weighted by molar-refractivity contribution is 7.99. The summed E-state index contributed by atoms with van der Waals surface area (Å²) in [4.78, 5) is 25.4. The number of rotatable bonds is 3. The SMILES string of the molecule is CCC1(C(=O)O)CCCN1C(=O)C1CSCN1. The number of amides is 1.